The van der Waals surface area contributed by atoms with Crippen LogP contribution in [-0.2, 0) is 16.1 Å². The molecule has 1 aromatic heterocycles. The zero-order chi connectivity index (χ0) is 18.6. The normalized spacial score (nSPS) is 22.2. The molecule has 1 aromatic rings. The Labute approximate surface area is 159 Å². The number of fused-ring (bicyclic) bond motifs is 1. The van der Waals surface area contributed by atoms with Crippen molar-refractivity contribution >= 4 is 17.8 Å². The fourth-order valence-corrected chi connectivity index (χ4v) is 3.69. The van der Waals surface area contributed by atoms with E-state index >= 15 is 0 Å². The van der Waals surface area contributed by atoms with Gasteiger partial charge in [-0.1, -0.05) is 13.3 Å². The van der Waals surface area contributed by atoms with Gasteiger partial charge < -0.3 is 10.1 Å². The van der Waals surface area contributed by atoms with Gasteiger partial charge in [0.2, 0.25) is 0 Å². The number of amides is 1. The van der Waals surface area contributed by atoms with Gasteiger partial charge in [-0.05, 0) is 55.4 Å². The molecule has 27 heavy (non-hydrogen) atoms. The summed E-state index contributed by atoms with van der Waals surface area (Å²) in [6, 6.07) is 3.62. The summed E-state index contributed by atoms with van der Waals surface area (Å²) in [6.45, 7) is 3.14. The van der Waals surface area contributed by atoms with Crippen LogP contribution in [0, 0.1) is 0 Å². The molecule has 3 aliphatic rings. The van der Waals surface area contributed by atoms with Gasteiger partial charge in [0.25, 0.3) is 5.91 Å². The smallest absolute Gasteiger partial charge is 0.301 e. The largest absolute Gasteiger partial charge is 0.460 e. The summed E-state index contributed by atoms with van der Waals surface area (Å²) in [6.07, 6.45) is 10.1. The van der Waals surface area contributed by atoms with E-state index < -0.39 is 6.04 Å². The van der Waals surface area contributed by atoms with Crippen LogP contribution in [0.5, 0.6) is 0 Å². The lowest BCUT2D eigenvalue weighted by molar-refractivity contribution is -0.118. The number of carbonyl (C=O) groups is 1. The average Bonchev–Trinajstić information content (AvgIpc) is 3.16. The lowest BCUT2D eigenvalue weighted by atomic mass is 9.95. The van der Waals surface area contributed by atoms with Gasteiger partial charge in [-0.15, -0.1) is 0 Å². The van der Waals surface area contributed by atoms with Crippen LogP contribution < -0.4 is 5.32 Å². The van der Waals surface area contributed by atoms with E-state index in [1.165, 1.54) is 24.8 Å². The molecule has 1 atom stereocenters. The van der Waals surface area contributed by atoms with Crippen molar-refractivity contribution in [2.75, 3.05) is 6.54 Å². The summed E-state index contributed by atoms with van der Waals surface area (Å²) in [5.74, 6) is 1.35. The summed E-state index contributed by atoms with van der Waals surface area (Å²) >= 11 is 0. The minimum absolute atomic E-state index is 0.239. The number of nitrogens with one attached hydrogen (secondary N) is 1. The number of rotatable bonds is 4. The lowest BCUT2D eigenvalue weighted by Crippen LogP contribution is -2.53. The zero-order valence-electron chi connectivity index (χ0n) is 15.6. The number of pyridine rings is 1. The molecule has 0 radical (unpaired) electrons. The Bertz CT molecular complexity index is 792. The second-order valence-electron chi connectivity index (χ2n) is 7.09. The number of hydrogen-bond acceptors (Lipinski definition) is 6. The third-order valence-electron chi connectivity index (χ3n) is 5.08. The zero-order valence-corrected chi connectivity index (χ0v) is 15.6. The molecule has 142 valence electrons. The van der Waals surface area contributed by atoms with Crippen molar-refractivity contribution in [2.45, 2.75) is 58.1 Å². The molecule has 0 bridgehead atoms. The number of hydrogen-bond donors (Lipinski definition) is 1. The van der Waals surface area contributed by atoms with Gasteiger partial charge in [-0.3, -0.25) is 14.7 Å². The van der Waals surface area contributed by atoms with E-state index in [1.807, 2.05) is 17.0 Å². The number of allylic oxidation sites excluding steroid dienone is 1. The van der Waals surface area contributed by atoms with E-state index in [4.69, 9.17) is 9.73 Å². The highest BCUT2D eigenvalue weighted by Crippen LogP contribution is 2.29. The second kappa shape index (κ2) is 7.90. The molecule has 1 N–H and O–H groups in total. The molecule has 0 saturated heterocycles. The molecule has 2 aliphatic heterocycles. The van der Waals surface area contributed by atoms with Crippen molar-refractivity contribution in [1.82, 2.24) is 15.2 Å². The number of carbonyl (C=O) groups excluding carboxylic acids is 1. The van der Waals surface area contributed by atoms with E-state index in [9.17, 15) is 4.79 Å². The highest BCUT2D eigenvalue weighted by atomic mass is 16.5. The Morgan fingerprint density at radius 1 is 1.19 bits per heavy atom. The molecule has 1 aliphatic carbocycles. The third kappa shape index (κ3) is 3.72. The number of ether oxygens (including phenoxy) is 1. The summed E-state index contributed by atoms with van der Waals surface area (Å²) in [5.41, 5.74) is 2.31. The van der Waals surface area contributed by atoms with Crippen molar-refractivity contribution in [3.63, 3.8) is 0 Å². The molecule has 0 spiro atoms. The van der Waals surface area contributed by atoms with Crippen LogP contribution in [0.15, 0.2) is 45.9 Å². The maximum Gasteiger partial charge on any atom is 0.301 e. The SMILES string of the molecule is CCCN1C(OCc2ccncc2)=NC(=O)C2NC(=C3CCCCC3)N=C21. The molecule has 4 rings (SSSR count). The standard InChI is InChI=1S/C20H25N5O2/c1-2-12-25-18-16(22-17(23-18)15-6-4-3-5-7-15)19(26)24-20(25)27-13-14-8-10-21-11-9-14/h8-11,16,22H,2-7,12-13H2,1H3. The molecule has 7 nitrogen and oxygen atoms in total. The highest BCUT2D eigenvalue weighted by Gasteiger charge is 2.41. The second-order valence-corrected chi connectivity index (χ2v) is 7.09. The van der Waals surface area contributed by atoms with Gasteiger partial charge in [-0.25, -0.2) is 4.99 Å². The van der Waals surface area contributed by atoms with Gasteiger partial charge >= 0.3 is 6.02 Å². The third-order valence-corrected chi connectivity index (χ3v) is 5.08. The lowest BCUT2D eigenvalue weighted by Gasteiger charge is -2.30. The fraction of sp³-hybridized carbons (Fsp3) is 0.500. The quantitative estimate of drug-likeness (QED) is 0.885. The van der Waals surface area contributed by atoms with Crippen molar-refractivity contribution in [2.24, 2.45) is 9.98 Å². The predicted octanol–water partition coefficient (Wildman–Crippen LogP) is 2.75. The Kier molecular flexibility index (Phi) is 5.18. The maximum atomic E-state index is 12.6. The number of aliphatic imine (C=N–C) groups is 2. The van der Waals surface area contributed by atoms with E-state index in [2.05, 4.69) is 22.2 Å². The Morgan fingerprint density at radius 2 is 1.96 bits per heavy atom. The summed E-state index contributed by atoms with van der Waals surface area (Å²) in [4.78, 5) is 27.6. The van der Waals surface area contributed by atoms with Gasteiger partial charge in [-0.2, -0.15) is 4.99 Å². The van der Waals surface area contributed by atoms with Crippen LogP contribution in [-0.4, -0.2) is 40.2 Å². The topological polar surface area (TPSA) is 79.2 Å². The summed E-state index contributed by atoms with van der Waals surface area (Å²) in [7, 11) is 0. The fourth-order valence-electron chi connectivity index (χ4n) is 3.69. The van der Waals surface area contributed by atoms with Gasteiger partial charge in [0.15, 0.2) is 6.04 Å². The first-order valence-corrected chi connectivity index (χ1v) is 9.75. The van der Waals surface area contributed by atoms with Crippen molar-refractivity contribution in [1.29, 1.82) is 0 Å². The van der Waals surface area contributed by atoms with Crippen LogP contribution in [0.2, 0.25) is 0 Å². The van der Waals surface area contributed by atoms with Crippen molar-refractivity contribution < 1.29 is 9.53 Å². The first-order chi connectivity index (χ1) is 13.3. The number of amidine groups is 2. The van der Waals surface area contributed by atoms with Gasteiger partial charge in [0.05, 0.1) is 0 Å². The van der Waals surface area contributed by atoms with E-state index in [1.54, 1.807) is 12.4 Å². The minimum Gasteiger partial charge on any atom is -0.460 e. The first kappa shape index (κ1) is 17.7. The molecule has 1 saturated carbocycles. The molecule has 1 amide bonds. The van der Waals surface area contributed by atoms with E-state index in [0.29, 0.717) is 19.2 Å². The minimum atomic E-state index is -0.491. The predicted molar refractivity (Wildman–Crippen MR) is 103 cm³/mol. The Balaban J connectivity index is 1.58. The van der Waals surface area contributed by atoms with E-state index in [0.717, 1.165) is 36.5 Å². The molecule has 1 unspecified atom stereocenters. The van der Waals surface area contributed by atoms with Crippen LogP contribution >= 0.6 is 0 Å². The van der Waals surface area contributed by atoms with Gasteiger partial charge in [0.1, 0.15) is 18.3 Å². The number of nitrogens with zero attached hydrogens (tertiary/aromatic N) is 4. The van der Waals surface area contributed by atoms with Crippen molar-refractivity contribution in [3.8, 4) is 0 Å². The molecular formula is C20H25N5O2. The molecule has 3 heterocycles. The monoisotopic (exact) mass is 367 g/mol. The van der Waals surface area contributed by atoms with Crippen LogP contribution in [0.25, 0.3) is 0 Å². The van der Waals surface area contributed by atoms with Crippen molar-refractivity contribution in [3.05, 3.63) is 41.5 Å². The Morgan fingerprint density at radius 3 is 2.70 bits per heavy atom. The van der Waals surface area contributed by atoms with Crippen LogP contribution in [0.4, 0.5) is 0 Å². The molecule has 0 aromatic carbocycles. The Hall–Kier alpha value is -2.70. The highest BCUT2D eigenvalue weighted by molar-refractivity contribution is 6.19. The number of aromatic nitrogens is 1. The average molecular weight is 367 g/mol. The first-order valence-electron chi connectivity index (χ1n) is 9.75. The maximum absolute atomic E-state index is 12.6. The van der Waals surface area contributed by atoms with Crippen LogP contribution in [0.1, 0.15) is 51.0 Å². The summed E-state index contributed by atoms with van der Waals surface area (Å²) < 4.78 is 5.90. The van der Waals surface area contributed by atoms with Gasteiger partial charge in [0, 0.05) is 18.9 Å². The molecule has 7 heteroatoms. The molecular weight excluding hydrogens is 342 g/mol. The molecule has 1 fully saturated rings. The van der Waals surface area contributed by atoms with Crippen LogP contribution in [0.3, 0.4) is 0 Å². The summed E-state index contributed by atoms with van der Waals surface area (Å²) in [5, 5.41) is 3.31. The van der Waals surface area contributed by atoms with E-state index in [-0.39, 0.29) is 5.91 Å².